The van der Waals surface area contributed by atoms with Crippen molar-refractivity contribution in [1.29, 1.82) is 0 Å². The molecule has 0 saturated carbocycles. The van der Waals surface area contributed by atoms with Crippen LogP contribution >= 0.6 is 28.6 Å². The van der Waals surface area contributed by atoms with Gasteiger partial charge in [-0.1, -0.05) is 40.2 Å². The monoisotopic (exact) mass is 324 g/mol. The maximum atomic E-state index is 13.8. The summed E-state index contributed by atoms with van der Waals surface area (Å²) >= 11 is 7.54. The maximum absolute atomic E-state index is 13.8. The summed E-state index contributed by atoms with van der Waals surface area (Å²) < 4.78 is 14.8. The molecule has 2 rings (SSSR count). The van der Waals surface area contributed by atoms with E-state index in [1.54, 1.807) is 6.07 Å². The molecule has 0 bridgehead atoms. The molecule has 0 radical (unpaired) electrons. The molecule has 0 spiro atoms. The molecule has 2 aromatic rings. The van der Waals surface area contributed by atoms with Crippen molar-refractivity contribution in [3.05, 3.63) is 69.4 Å². The molecule has 0 atom stereocenters. The molecule has 0 aromatic heterocycles. The third kappa shape index (κ3) is 3.59. The Bertz CT molecular complexity index is 523. The summed E-state index contributed by atoms with van der Waals surface area (Å²) in [5, 5.41) is 0. The van der Waals surface area contributed by atoms with Crippen molar-refractivity contribution in [3.8, 4) is 0 Å². The van der Waals surface area contributed by atoms with E-state index in [4.69, 9.17) is 0 Å². The second-order valence-corrected chi connectivity index (χ2v) is 5.44. The van der Waals surface area contributed by atoms with E-state index in [-0.39, 0.29) is 5.82 Å². The zero-order valence-electron chi connectivity index (χ0n) is 9.87. The van der Waals surface area contributed by atoms with E-state index in [9.17, 15) is 4.39 Å². The molecule has 2 aromatic carbocycles. The zero-order valence-corrected chi connectivity index (χ0v) is 12.3. The van der Waals surface area contributed by atoms with Crippen LogP contribution in [0, 0.1) is 5.82 Å². The van der Waals surface area contributed by atoms with Crippen molar-refractivity contribution in [2.75, 3.05) is 0 Å². The molecule has 18 heavy (non-hydrogen) atoms. The van der Waals surface area contributed by atoms with E-state index in [0.29, 0.717) is 5.75 Å². The normalized spacial score (nSPS) is 10.6. The van der Waals surface area contributed by atoms with Gasteiger partial charge in [0, 0.05) is 10.2 Å². The quantitative estimate of drug-likeness (QED) is 0.767. The molecule has 0 amide bonds. The molecular formula is C15H14BrFS. The van der Waals surface area contributed by atoms with Gasteiger partial charge < -0.3 is 0 Å². The van der Waals surface area contributed by atoms with Crippen LogP contribution in [0.15, 0.2) is 46.9 Å². The van der Waals surface area contributed by atoms with Gasteiger partial charge in [0.2, 0.25) is 0 Å². The van der Waals surface area contributed by atoms with E-state index < -0.39 is 0 Å². The first-order valence-electron chi connectivity index (χ1n) is 5.81. The maximum Gasteiger partial charge on any atom is 0.126 e. The number of benzene rings is 2. The highest BCUT2D eigenvalue weighted by atomic mass is 79.9. The molecule has 0 nitrogen and oxygen atoms in total. The van der Waals surface area contributed by atoms with Crippen molar-refractivity contribution in [1.82, 2.24) is 0 Å². The van der Waals surface area contributed by atoms with E-state index in [1.807, 2.05) is 24.3 Å². The van der Waals surface area contributed by atoms with Crippen molar-refractivity contribution >= 4 is 28.6 Å². The van der Waals surface area contributed by atoms with Gasteiger partial charge in [-0.05, 0) is 47.7 Å². The van der Waals surface area contributed by atoms with Crippen LogP contribution in [0.1, 0.15) is 16.7 Å². The third-order valence-electron chi connectivity index (χ3n) is 2.90. The highest BCUT2D eigenvalue weighted by Gasteiger charge is 2.03. The minimum Gasteiger partial charge on any atom is -0.207 e. The molecule has 0 fully saturated rings. The number of hydrogen-bond donors (Lipinski definition) is 1. The van der Waals surface area contributed by atoms with Gasteiger partial charge in [-0.2, -0.15) is 12.6 Å². The highest BCUT2D eigenvalue weighted by molar-refractivity contribution is 9.10. The first-order chi connectivity index (χ1) is 8.69. The number of halogens is 2. The number of rotatable bonds is 4. The molecule has 0 aliphatic carbocycles. The summed E-state index contributed by atoms with van der Waals surface area (Å²) in [5.41, 5.74) is 2.91. The van der Waals surface area contributed by atoms with Crippen molar-refractivity contribution in [3.63, 3.8) is 0 Å². The Morgan fingerprint density at radius 2 is 1.61 bits per heavy atom. The summed E-state index contributed by atoms with van der Waals surface area (Å²) in [5.74, 6) is 0.447. The van der Waals surface area contributed by atoms with E-state index >= 15 is 0 Å². The van der Waals surface area contributed by atoms with Gasteiger partial charge in [-0.15, -0.1) is 0 Å². The van der Waals surface area contributed by atoms with Crippen molar-refractivity contribution in [2.45, 2.75) is 18.6 Å². The van der Waals surface area contributed by atoms with Crippen LogP contribution in [0.3, 0.4) is 0 Å². The lowest BCUT2D eigenvalue weighted by Gasteiger charge is -2.05. The summed E-state index contributed by atoms with van der Waals surface area (Å²) in [6, 6.07) is 13.5. The third-order valence-corrected chi connectivity index (χ3v) is 3.79. The summed E-state index contributed by atoms with van der Waals surface area (Å²) in [6.07, 6.45) is 1.57. The first kappa shape index (κ1) is 13.6. The average Bonchev–Trinajstić information content (AvgIpc) is 2.39. The Kier molecular flexibility index (Phi) is 4.84. The standard InChI is InChI=1S/C15H14BrFS/c16-14-7-3-11(4-8-14)1-5-13-6-2-12(10-18)9-15(13)17/h2-4,6-9,18H,1,5,10H2. The lowest BCUT2D eigenvalue weighted by atomic mass is 10.0. The predicted molar refractivity (Wildman–Crippen MR) is 80.6 cm³/mol. The van der Waals surface area contributed by atoms with E-state index in [1.165, 1.54) is 5.56 Å². The van der Waals surface area contributed by atoms with Crippen LogP contribution in [0.4, 0.5) is 4.39 Å². The Hall–Kier alpha value is -0.800. The van der Waals surface area contributed by atoms with Gasteiger partial charge in [0.25, 0.3) is 0 Å². The first-order valence-corrected chi connectivity index (χ1v) is 7.24. The molecule has 0 saturated heterocycles. The number of thiol groups is 1. The highest BCUT2D eigenvalue weighted by Crippen LogP contribution is 2.16. The minimum absolute atomic E-state index is 0.126. The number of aryl methyl sites for hydroxylation is 2. The van der Waals surface area contributed by atoms with Crippen LogP contribution in [0.25, 0.3) is 0 Å². The molecule has 0 aliphatic rings. The molecule has 94 valence electrons. The molecule has 0 unspecified atom stereocenters. The molecule has 0 heterocycles. The smallest absolute Gasteiger partial charge is 0.126 e. The van der Waals surface area contributed by atoms with Crippen LogP contribution in [0.2, 0.25) is 0 Å². The SMILES string of the molecule is Fc1cc(CS)ccc1CCc1ccc(Br)cc1. The summed E-state index contributed by atoms with van der Waals surface area (Å²) in [7, 11) is 0. The predicted octanol–water partition coefficient (Wildman–Crippen LogP) is 4.80. The van der Waals surface area contributed by atoms with E-state index in [2.05, 4.69) is 40.7 Å². The lowest BCUT2D eigenvalue weighted by molar-refractivity contribution is 0.607. The Morgan fingerprint density at radius 3 is 2.22 bits per heavy atom. The molecule has 3 heteroatoms. The van der Waals surface area contributed by atoms with Gasteiger partial charge in [-0.3, -0.25) is 0 Å². The fraction of sp³-hybridized carbons (Fsp3) is 0.200. The molecular weight excluding hydrogens is 311 g/mol. The Balaban J connectivity index is 2.04. The molecule has 0 N–H and O–H groups in total. The number of hydrogen-bond acceptors (Lipinski definition) is 1. The fourth-order valence-electron chi connectivity index (χ4n) is 1.82. The van der Waals surface area contributed by atoms with E-state index in [0.717, 1.165) is 28.4 Å². The van der Waals surface area contributed by atoms with Crippen molar-refractivity contribution < 1.29 is 4.39 Å². The van der Waals surface area contributed by atoms with Gasteiger partial charge in [-0.25, -0.2) is 4.39 Å². The second kappa shape index (κ2) is 6.39. The topological polar surface area (TPSA) is 0 Å². The van der Waals surface area contributed by atoms with Gasteiger partial charge in [0.1, 0.15) is 5.82 Å². The van der Waals surface area contributed by atoms with Gasteiger partial charge in [0.15, 0.2) is 0 Å². The van der Waals surface area contributed by atoms with Gasteiger partial charge in [0.05, 0.1) is 0 Å². The van der Waals surface area contributed by atoms with Crippen LogP contribution in [-0.4, -0.2) is 0 Å². The second-order valence-electron chi connectivity index (χ2n) is 4.21. The lowest BCUT2D eigenvalue weighted by Crippen LogP contribution is -1.96. The van der Waals surface area contributed by atoms with Crippen molar-refractivity contribution in [2.24, 2.45) is 0 Å². The fourth-order valence-corrected chi connectivity index (χ4v) is 2.28. The average molecular weight is 325 g/mol. The zero-order chi connectivity index (χ0) is 13.0. The summed E-state index contributed by atoms with van der Waals surface area (Å²) in [4.78, 5) is 0. The van der Waals surface area contributed by atoms with Gasteiger partial charge >= 0.3 is 0 Å². The van der Waals surface area contributed by atoms with Crippen LogP contribution in [-0.2, 0) is 18.6 Å². The molecule has 0 aliphatic heterocycles. The Labute approximate surface area is 121 Å². The summed E-state index contributed by atoms with van der Waals surface area (Å²) in [6.45, 7) is 0. The Morgan fingerprint density at radius 1 is 0.944 bits per heavy atom. The van der Waals surface area contributed by atoms with Crippen LogP contribution in [0.5, 0.6) is 0 Å². The minimum atomic E-state index is -0.126. The van der Waals surface area contributed by atoms with Crippen LogP contribution < -0.4 is 0 Å². The largest absolute Gasteiger partial charge is 0.207 e.